The molecule has 1 saturated carbocycles. The summed E-state index contributed by atoms with van der Waals surface area (Å²) in [6, 6.07) is 19.1. The monoisotopic (exact) mass is 455 g/mol. The van der Waals surface area contributed by atoms with E-state index in [1.807, 2.05) is 6.07 Å². The molecule has 0 radical (unpaired) electrons. The lowest BCUT2D eigenvalue weighted by molar-refractivity contribution is -0.145. The maximum Gasteiger partial charge on any atom is 0.324 e. The number of aryl methyl sites for hydroxylation is 1. The molecule has 3 aromatic rings. The van der Waals surface area contributed by atoms with Crippen molar-refractivity contribution >= 4 is 27.3 Å². The fourth-order valence-corrected chi connectivity index (χ4v) is 6.43. The van der Waals surface area contributed by atoms with Gasteiger partial charge in [-0.2, -0.15) is 4.72 Å². The van der Waals surface area contributed by atoms with Gasteiger partial charge in [-0.3, -0.25) is 4.79 Å². The molecule has 5 nitrogen and oxygen atoms in total. The van der Waals surface area contributed by atoms with Crippen LogP contribution in [0.1, 0.15) is 37.7 Å². The molecule has 1 heterocycles. The molecule has 7 heteroatoms. The summed E-state index contributed by atoms with van der Waals surface area (Å²) in [6.07, 6.45) is 2.97. The maximum atomic E-state index is 12.9. The highest BCUT2D eigenvalue weighted by Gasteiger charge is 2.43. The van der Waals surface area contributed by atoms with Crippen LogP contribution in [0, 0.1) is 6.92 Å². The number of benzene rings is 2. The molecule has 2 aromatic carbocycles. The zero-order valence-corrected chi connectivity index (χ0v) is 18.9. The van der Waals surface area contributed by atoms with E-state index in [-0.39, 0.29) is 4.90 Å². The van der Waals surface area contributed by atoms with Crippen LogP contribution in [0.4, 0.5) is 0 Å². The fourth-order valence-electron chi connectivity index (χ4n) is 4.00. The lowest BCUT2D eigenvalue weighted by atomic mass is 9.83. The van der Waals surface area contributed by atoms with Crippen LogP contribution in [0.25, 0.3) is 20.9 Å². The summed E-state index contributed by atoms with van der Waals surface area (Å²) >= 11 is 1.65. The van der Waals surface area contributed by atoms with Gasteiger partial charge in [0.15, 0.2) is 0 Å². The molecule has 0 amide bonds. The molecule has 2 N–H and O–H groups in total. The quantitative estimate of drug-likeness (QED) is 0.517. The Labute approximate surface area is 186 Å². The summed E-state index contributed by atoms with van der Waals surface area (Å²) in [5.41, 5.74) is 1.88. The van der Waals surface area contributed by atoms with Crippen molar-refractivity contribution in [1.29, 1.82) is 0 Å². The van der Waals surface area contributed by atoms with Gasteiger partial charge >= 0.3 is 5.97 Å². The SMILES string of the molecule is Cc1ccc(-c2ccc(-c3ccc(S(=O)(=O)NC4(C(=O)O)CCCCC4)cc3)s2)cc1. The highest BCUT2D eigenvalue weighted by molar-refractivity contribution is 7.89. The zero-order chi connectivity index (χ0) is 22.1. The second-order valence-corrected chi connectivity index (χ2v) is 10.9. The van der Waals surface area contributed by atoms with Gasteiger partial charge in [0.1, 0.15) is 5.54 Å². The third-order valence-electron chi connectivity index (χ3n) is 5.84. The van der Waals surface area contributed by atoms with E-state index in [0.717, 1.165) is 27.3 Å². The Balaban J connectivity index is 1.55. The summed E-state index contributed by atoms with van der Waals surface area (Å²) in [5, 5.41) is 9.68. The Morgan fingerprint density at radius 3 is 1.90 bits per heavy atom. The molecule has 0 atom stereocenters. The van der Waals surface area contributed by atoms with Crippen LogP contribution in [0.15, 0.2) is 65.6 Å². The molecule has 1 aliphatic carbocycles. The third kappa shape index (κ3) is 4.59. The molecule has 1 fully saturated rings. The highest BCUT2D eigenvalue weighted by atomic mass is 32.2. The van der Waals surface area contributed by atoms with Crippen molar-refractivity contribution in [2.24, 2.45) is 0 Å². The molecule has 0 aliphatic heterocycles. The number of carbonyl (C=O) groups is 1. The number of thiophene rings is 1. The summed E-state index contributed by atoms with van der Waals surface area (Å²) < 4.78 is 28.3. The topological polar surface area (TPSA) is 83.5 Å². The number of rotatable bonds is 6. The zero-order valence-electron chi connectivity index (χ0n) is 17.3. The normalized spacial score (nSPS) is 16.2. The smallest absolute Gasteiger partial charge is 0.324 e. The summed E-state index contributed by atoms with van der Waals surface area (Å²) in [4.78, 5) is 14.1. The van der Waals surface area contributed by atoms with Crippen molar-refractivity contribution in [3.8, 4) is 20.9 Å². The molecule has 1 aliphatic rings. The molecule has 0 unspecified atom stereocenters. The fraction of sp³-hybridized carbons (Fsp3) is 0.292. The van der Waals surface area contributed by atoms with Gasteiger partial charge in [-0.05, 0) is 55.2 Å². The van der Waals surface area contributed by atoms with E-state index in [4.69, 9.17) is 0 Å². The van der Waals surface area contributed by atoms with Crippen LogP contribution in [0.5, 0.6) is 0 Å². The first kappa shape index (κ1) is 21.7. The van der Waals surface area contributed by atoms with Crippen molar-refractivity contribution in [3.05, 3.63) is 66.2 Å². The predicted molar refractivity (Wildman–Crippen MR) is 124 cm³/mol. The Kier molecular flexibility index (Phi) is 6.01. The molecule has 0 spiro atoms. The van der Waals surface area contributed by atoms with Crippen molar-refractivity contribution in [1.82, 2.24) is 4.72 Å². The van der Waals surface area contributed by atoms with Gasteiger partial charge in [0.25, 0.3) is 0 Å². The molecular weight excluding hydrogens is 430 g/mol. The van der Waals surface area contributed by atoms with Crippen molar-refractivity contribution in [3.63, 3.8) is 0 Å². The average Bonchev–Trinajstić information content (AvgIpc) is 3.25. The van der Waals surface area contributed by atoms with Crippen LogP contribution in [0.2, 0.25) is 0 Å². The Hall–Kier alpha value is -2.48. The van der Waals surface area contributed by atoms with E-state index in [2.05, 4.69) is 42.0 Å². The van der Waals surface area contributed by atoms with Gasteiger partial charge in [0.05, 0.1) is 4.90 Å². The second kappa shape index (κ2) is 8.57. The van der Waals surface area contributed by atoms with Gasteiger partial charge in [0.2, 0.25) is 10.0 Å². The molecule has 4 rings (SSSR count). The van der Waals surface area contributed by atoms with Gasteiger partial charge in [-0.25, -0.2) is 8.42 Å². The third-order valence-corrected chi connectivity index (χ3v) is 8.57. The molecule has 162 valence electrons. The van der Waals surface area contributed by atoms with E-state index < -0.39 is 21.5 Å². The first-order valence-electron chi connectivity index (χ1n) is 10.3. The van der Waals surface area contributed by atoms with Crippen molar-refractivity contribution < 1.29 is 18.3 Å². The average molecular weight is 456 g/mol. The number of aliphatic carboxylic acids is 1. The van der Waals surface area contributed by atoms with E-state index in [0.29, 0.717) is 25.7 Å². The number of carboxylic acid groups (broad SMARTS) is 1. The Bertz CT molecular complexity index is 1170. The standard InChI is InChI=1S/C24H25NO4S2/c1-17-5-7-18(8-6-17)21-13-14-22(30-21)19-9-11-20(12-10-19)31(28,29)25-24(23(26)27)15-3-2-4-16-24/h5-14,25H,2-4,15-16H2,1H3,(H,26,27). The Morgan fingerprint density at radius 1 is 0.871 bits per heavy atom. The molecule has 1 aromatic heterocycles. The van der Waals surface area contributed by atoms with Gasteiger partial charge in [-0.15, -0.1) is 11.3 Å². The minimum absolute atomic E-state index is 0.0813. The van der Waals surface area contributed by atoms with Gasteiger partial charge in [0, 0.05) is 9.75 Å². The van der Waals surface area contributed by atoms with Crippen LogP contribution < -0.4 is 4.72 Å². The minimum Gasteiger partial charge on any atom is -0.480 e. The van der Waals surface area contributed by atoms with Crippen molar-refractivity contribution in [2.45, 2.75) is 49.5 Å². The molecule has 31 heavy (non-hydrogen) atoms. The van der Waals surface area contributed by atoms with Crippen LogP contribution in [0.3, 0.4) is 0 Å². The predicted octanol–water partition coefficient (Wildman–Crippen LogP) is 5.46. The molecule has 0 bridgehead atoms. The lowest BCUT2D eigenvalue weighted by Gasteiger charge is -2.33. The molecule has 0 saturated heterocycles. The van der Waals surface area contributed by atoms with E-state index >= 15 is 0 Å². The summed E-state index contributed by atoms with van der Waals surface area (Å²) in [5.74, 6) is -1.10. The largest absolute Gasteiger partial charge is 0.480 e. The van der Waals surface area contributed by atoms with Gasteiger partial charge in [-0.1, -0.05) is 61.2 Å². The first-order chi connectivity index (χ1) is 14.8. The number of hydrogen-bond acceptors (Lipinski definition) is 4. The van der Waals surface area contributed by atoms with Crippen LogP contribution >= 0.6 is 11.3 Å². The summed E-state index contributed by atoms with van der Waals surface area (Å²) in [7, 11) is -3.93. The first-order valence-corrected chi connectivity index (χ1v) is 12.6. The minimum atomic E-state index is -3.93. The van der Waals surface area contributed by atoms with E-state index in [1.54, 1.807) is 35.6 Å². The van der Waals surface area contributed by atoms with E-state index in [1.165, 1.54) is 5.56 Å². The summed E-state index contributed by atoms with van der Waals surface area (Å²) in [6.45, 7) is 2.06. The van der Waals surface area contributed by atoms with Gasteiger partial charge < -0.3 is 5.11 Å². The molecular formula is C24H25NO4S2. The second-order valence-electron chi connectivity index (χ2n) is 8.11. The maximum absolute atomic E-state index is 12.9. The lowest BCUT2D eigenvalue weighted by Crippen LogP contribution is -2.55. The van der Waals surface area contributed by atoms with E-state index in [9.17, 15) is 18.3 Å². The van der Waals surface area contributed by atoms with Crippen LogP contribution in [-0.4, -0.2) is 25.0 Å². The van der Waals surface area contributed by atoms with Crippen molar-refractivity contribution in [2.75, 3.05) is 0 Å². The van der Waals surface area contributed by atoms with Crippen LogP contribution in [-0.2, 0) is 14.8 Å². The number of nitrogens with one attached hydrogen (secondary N) is 1. The number of carboxylic acids is 1. The number of hydrogen-bond donors (Lipinski definition) is 2. The highest BCUT2D eigenvalue weighted by Crippen LogP contribution is 2.35. The number of sulfonamides is 1. The Morgan fingerprint density at radius 2 is 1.39 bits per heavy atom.